The molecule has 0 atom stereocenters. The van der Waals surface area contributed by atoms with E-state index in [1.807, 2.05) is 0 Å². The second-order valence-electron chi connectivity index (χ2n) is 11.1. The van der Waals surface area contributed by atoms with Gasteiger partial charge in [-0.3, -0.25) is 4.79 Å². The molecule has 0 bridgehead atoms. The Hall–Kier alpha value is -0.530. The van der Waals surface area contributed by atoms with Gasteiger partial charge < -0.3 is 4.74 Å². The van der Waals surface area contributed by atoms with Crippen molar-refractivity contribution >= 4 is 5.97 Å². The monoisotopic (exact) mass is 418 g/mol. The van der Waals surface area contributed by atoms with Gasteiger partial charge in [-0.1, -0.05) is 90.9 Å². The number of ether oxygens (including phenoxy) is 1. The van der Waals surface area contributed by atoms with Crippen LogP contribution in [0.2, 0.25) is 0 Å². The molecule has 0 aromatic rings. The van der Waals surface area contributed by atoms with Gasteiger partial charge in [0.2, 0.25) is 0 Å². The summed E-state index contributed by atoms with van der Waals surface area (Å²) in [5, 5.41) is 0. The van der Waals surface area contributed by atoms with Gasteiger partial charge in [-0.25, -0.2) is 0 Å². The second kappa shape index (κ2) is 11.9. The zero-order valence-electron chi connectivity index (χ0n) is 20.3. The molecule has 2 nitrogen and oxygen atoms in total. The summed E-state index contributed by atoms with van der Waals surface area (Å²) in [4.78, 5) is 13.6. The van der Waals surface area contributed by atoms with E-state index in [-0.39, 0.29) is 16.8 Å². The fourth-order valence-corrected chi connectivity index (χ4v) is 7.57. The number of unbranched alkanes of at least 4 members (excludes halogenated alkanes) is 3. The van der Waals surface area contributed by atoms with E-state index in [2.05, 4.69) is 13.8 Å². The smallest absolute Gasteiger partial charge is 0.312 e. The van der Waals surface area contributed by atoms with Crippen molar-refractivity contribution in [2.75, 3.05) is 6.61 Å². The number of hydrogen-bond donors (Lipinski definition) is 0. The summed E-state index contributed by atoms with van der Waals surface area (Å²) < 4.78 is 5.94. The normalized spacial score (nSPS) is 30.1. The molecule has 2 heteroatoms. The molecule has 0 spiro atoms. The van der Waals surface area contributed by atoms with Crippen LogP contribution in [0.25, 0.3) is 0 Å². The Balaban J connectivity index is 1.78. The number of esters is 1. The van der Waals surface area contributed by atoms with E-state index in [0.29, 0.717) is 6.61 Å². The van der Waals surface area contributed by atoms with Crippen molar-refractivity contribution in [1.29, 1.82) is 0 Å². The molecular formula is C28H50O2. The van der Waals surface area contributed by atoms with E-state index in [1.165, 1.54) is 109 Å². The Labute approximate surface area is 187 Å². The molecule has 3 rings (SSSR count). The SMILES string of the molecule is CCCCCC[C@]1(C2(C(=O)OCCC)CCCCC2)CC[C@@H](C2CCCCC2)CC1. The lowest BCUT2D eigenvalue weighted by Crippen LogP contribution is -2.52. The fourth-order valence-electron chi connectivity index (χ4n) is 7.57. The van der Waals surface area contributed by atoms with Crippen molar-refractivity contribution in [3.63, 3.8) is 0 Å². The number of carbonyl (C=O) groups excluding carboxylic acids is 1. The molecule has 3 aliphatic rings. The maximum atomic E-state index is 13.6. The van der Waals surface area contributed by atoms with Crippen molar-refractivity contribution in [2.24, 2.45) is 22.7 Å². The minimum absolute atomic E-state index is 0.176. The quantitative estimate of drug-likeness (QED) is 0.262. The summed E-state index contributed by atoms with van der Waals surface area (Å²) in [7, 11) is 0. The van der Waals surface area contributed by atoms with Gasteiger partial charge in [0.15, 0.2) is 0 Å². The van der Waals surface area contributed by atoms with Gasteiger partial charge in [-0.05, 0) is 68.6 Å². The van der Waals surface area contributed by atoms with Crippen LogP contribution in [0.15, 0.2) is 0 Å². The van der Waals surface area contributed by atoms with E-state index in [4.69, 9.17) is 4.74 Å². The van der Waals surface area contributed by atoms with Gasteiger partial charge in [0, 0.05) is 0 Å². The van der Waals surface area contributed by atoms with Crippen LogP contribution in [0, 0.1) is 22.7 Å². The van der Waals surface area contributed by atoms with Crippen molar-refractivity contribution < 1.29 is 9.53 Å². The van der Waals surface area contributed by atoms with Crippen LogP contribution in [0.3, 0.4) is 0 Å². The Kier molecular flexibility index (Phi) is 9.58. The van der Waals surface area contributed by atoms with Crippen LogP contribution < -0.4 is 0 Å². The van der Waals surface area contributed by atoms with Crippen LogP contribution in [0.5, 0.6) is 0 Å². The van der Waals surface area contributed by atoms with Crippen molar-refractivity contribution in [3.8, 4) is 0 Å². The highest BCUT2D eigenvalue weighted by Crippen LogP contribution is 2.61. The molecule has 0 aromatic heterocycles. The summed E-state index contributed by atoms with van der Waals surface area (Å²) in [6.45, 7) is 5.03. The minimum Gasteiger partial charge on any atom is -0.465 e. The summed E-state index contributed by atoms with van der Waals surface area (Å²) >= 11 is 0. The molecule has 0 aromatic carbocycles. The maximum absolute atomic E-state index is 13.6. The predicted molar refractivity (Wildman–Crippen MR) is 126 cm³/mol. The van der Waals surface area contributed by atoms with Gasteiger partial charge in [-0.2, -0.15) is 0 Å². The minimum atomic E-state index is -0.176. The first-order valence-electron chi connectivity index (χ1n) is 13.8. The third kappa shape index (κ3) is 5.44. The Morgan fingerprint density at radius 2 is 1.37 bits per heavy atom. The molecule has 3 fully saturated rings. The third-order valence-corrected chi connectivity index (χ3v) is 9.36. The lowest BCUT2D eigenvalue weighted by molar-refractivity contribution is -0.175. The van der Waals surface area contributed by atoms with Crippen molar-refractivity contribution in [1.82, 2.24) is 0 Å². The lowest BCUT2D eigenvalue weighted by Gasteiger charge is -2.55. The van der Waals surface area contributed by atoms with Gasteiger partial charge in [0.25, 0.3) is 0 Å². The molecular weight excluding hydrogens is 368 g/mol. The molecule has 0 heterocycles. The van der Waals surface area contributed by atoms with Crippen LogP contribution >= 0.6 is 0 Å². The van der Waals surface area contributed by atoms with Gasteiger partial charge in [0.05, 0.1) is 12.0 Å². The Bertz CT molecular complexity index is 491. The van der Waals surface area contributed by atoms with E-state index in [9.17, 15) is 4.79 Å². The van der Waals surface area contributed by atoms with E-state index in [0.717, 1.165) is 31.1 Å². The molecule has 0 radical (unpaired) electrons. The molecule has 0 amide bonds. The van der Waals surface area contributed by atoms with Crippen LogP contribution in [-0.2, 0) is 9.53 Å². The van der Waals surface area contributed by atoms with Crippen molar-refractivity contribution in [3.05, 3.63) is 0 Å². The van der Waals surface area contributed by atoms with Gasteiger partial charge >= 0.3 is 5.97 Å². The average molecular weight is 419 g/mol. The van der Waals surface area contributed by atoms with Crippen LogP contribution in [0.1, 0.15) is 142 Å². The number of carbonyl (C=O) groups is 1. The van der Waals surface area contributed by atoms with E-state index in [1.54, 1.807) is 0 Å². The standard InChI is InChI=1S/C28H50O2/c1-3-5-6-11-18-27(21-16-25(17-22-27)24-14-9-7-10-15-24)28(19-12-8-13-20-28)26(29)30-23-4-2/h24-25H,3-23H2,1-2H3/t25-,27+. The highest BCUT2D eigenvalue weighted by Gasteiger charge is 2.57. The van der Waals surface area contributed by atoms with Gasteiger partial charge in [-0.15, -0.1) is 0 Å². The number of hydrogen-bond acceptors (Lipinski definition) is 2. The average Bonchev–Trinajstić information content (AvgIpc) is 2.81. The molecule has 3 saturated carbocycles. The lowest BCUT2D eigenvalue weighted by atomic mass is 9.49. The summed E-state index contributed by atoms with van der Waals surface area (Å²) in [6, 6.07) is 0. The van der Waals surface area contributed by atoms with Gasteiger partial charge in [0.1, 0.15) is 0 Å². The molecule has 0 aliphatic heterocycles. The fraction of sp³-hybridized carbons (Fsp3) is 0.964. The van der Waals surface area contributed by atoms with Crippen molar-refractivity contribution in [2.45, 2.75) is 142 Å². The first-order valence-corrected chi connectivity index (χ1v) is 13.8. The molecule has 0 N–H and O–H groups in total. The summed E-state index contributed by atoms with van der Waals surface area (Å²) in [5.41, 5.74) is 0.0430. The summed E-state index contributed by atoms with van der Waals surface area (Å²) in [6.07, 6.45) is 26.1. The highest BCUT2D eigenvalue weighted by atomic mass is 16.5. The Morgan fingerprint density at radius 3 is 2.00 bits per heavy atom. The highest BCUT2D eigenvalue weighted by molar-refractivity contribution is 5.78. The zero-order chi connectivity index (χ0) is 21.3. The molecule has 0 unspecified atom stereocenters. The summed E-state index contributed by atoms with van der Waals surface area (Å²) in [5.74, 6) is 2.10. The first-order chi connectivity index (χ1) is 14.7. The number of rotatable bonds is 10. The van der Waals surface area contributed by atoms with E-state index >= 15 is 0 Å². The van der Waals surface area contributed by atoms with E-state index < -0.39 is 0 Å². The molecule has 3 aliphatic carbocycles. The topological polar surface area (TPSA) is 26.3 Å². The first kappa shape index (κ1) is 24.1. The van der Waals surface area contributed by atoms with Crippen LogP contribution in [0.4, 0.5) is 0 Å². The predicted octanol–water partition coefficient (Wildman–Crippen LogP) is 8.62. The second-order valence-corrected chi connectivity index (χ2v) is 11.1. The molecule has 0 saturated heterocycles. The zero-order valence-corrected chi connectivity index (χ0v) is 20.3. The van der Waals surface area contributed by atoms with Crippen LogP contribution in [-0.4, -0.2) is 12.6 Å². The molecule has 174 valence electrons. The molecule has 30 heavy (non-hydrogen) atoms. The third-order valence-electron chi connectivity index (χ3n) is 9.36. The largest absolute Gasteiger partial charge is 0.465 e. The maximum Gasteiger partial charge on any atom is 0.312 e. The Morgan fingerprint density at radius 1 is 0.733 bits per heavy atom.